The van der Waals surface area contributed by atoms with Gasteiger partial charge in [-0.05, 0) is 56.5 Å². The van der Waals surface area contributed by atoms with Crippen LogP contribution in [0.25, 0.3) is 0 Å². The SMILES string of the molecule is Cc1ccc(S(=O)(=O)N2CCCC(C(=O)Nc3cccc(Cl)c3C)C2)cc1. The summed E-state index contributed by atoms with van der Waals surface area (Å²) in [4.78, 5) is 13.0. The number of amides is 1. The molecule has 1 aliphatic heterocycles. The van der Waals surface area contributed by atoms with Crippen molar-refractivity contribution in [2.45, 2.75) is 31.6 Å². The highest BCUT2D eigenvalue weighted by molar-refractivity contribution is 7.89. The van der Waals surface area contributed by atoms with Crippen molar-refractivity contribution in [3.05, 3.63) is 58.6 Å². The molecule has 0 aromatic heterocycles. The molecule has 27 heavy (non-hydrogen) atoms. The van der Waals surface area contributed by atoms with E-state index in [1.54, 1.807) is 42.5 Å². The van der Waals surface area contributed by atoms with Gasteiger partial charge in [-0.2, -0.15) is 4.31 Å². The van der Waals surface area contributed by atoms with Crippen LogP contribution in [0.4, 0.5) is 5.69 Å². The number of carbonyl (C=O) groups is 1. The molecule has 5 nitrogen and oxygen atoms in total. The number of aryl methyl sites for hydroxylation is 1. The predicted octanol–water partition coefficient (Wildman–Crippen LogP) is 4.00. The lowest BCUT2D eigenvalue weighted by Gasteiger charge is -2.31. The molecule has 0 radical (unpaired) electrons. The van der Waals surface area contributed by atoms with Crippen molar-refractivity contribution >= 4 is 33.2 Å². The van der Waals surface area contributed by atoms with Crippen LogP contribution in [0, 0.1) is 19.8 Å². The van der Waals surface area contributed by atoms with Crippen molar-refractivity contribution < 1.29 is 13.2 Å². The first-order valence-electron chi connectivity index (χ1n) is 8.92. The highest BCUT2D eigenvalue weighted by Crippen LogP contribution is 2.27. The van der Waals surface area contributed by atoms with Crippen LogP contribution in [0.5, 0.6) is 0 Å². The Labute approximate surface area is 165 Å². The Morgan fingerprint density at radius 1 is 1.15 bits per heavy atom. The van der Waals surface area contributed by atoms with Gasteiger partial charge in [0, 0.05) is 23.8 Å². The fourth-order valence-corrected chi connectivity index (χ4v) is 4.91. The zero-order chi connectivity index (χ0) is 19.6. The average molecular weight is 407 g/mol. The average Bonchev–Trinajstić information content (AvgIpc) is 2.66. The maximum Gasteiger partial charge on any atom is 0.243 e. The Balaban J connectivity index is 1.74. The van der Waals surface area contributed by atoms with E-state index in [9.17, 15) is 13.2 Å². The quantitative estimate of drug-likeness (QED) is 0.834. The second kappa shape index (κ2) is 8.00. The molecule has 7 heteroatoms. The van der Waals surface area contributed by atoms with E-state index < -0.39 is 15.9 Å². The fourth-order valence-electron chi connectivity index (χ4n) is 3.21. The minimum Gasteiger partial charge on any atom is -0.326 e. The summed E-state index contributed by atoms with van der Waals surface area (Å²) >= 11 is 6.11. The van der Waals surface area contributed by atoms with Gasteiger partial charge in [0.2, 0.25) is 15.9 Å². The van der Waals surface area contributed by atoms with E-state index in [2.05, 4.69) is 5.32 Å². The van der Waals surface area contributed by atoms with Crippen molar-refractivity contribution in [3.63, 3.8) is 0 Å². The van der Waals surface area contributed by atoms with E-state index in [1.165, 1.54) is 4.31 Å². The minimum absolute atomic E-state index is 0.177. The molecule has 2 aromatic carbocycles. The first kappa shape index (κ1) is 19.9. The van der Waals surface area contributed by atoms with Gasteiger partial charge in [0.1, 0.15) is 0 Å². The van der Waals surface area contributed by atoms with Crippen molar-refractivity contribution in [3.8, 4) is 0 Å². The maximum atomic E-state index is 12.9. The Morgan fingerprint density at radius 2 is 1.85 bits per heavy atom. The van der Waals surface area contributed by atoms with Crippen molar-refractivity contribution in [2.75, 3.05) is 18.4 Å². The largest absolute Gasteiger partial charge is 0.326 e. The summed E-state index contributed by atoms with van der Waals surface area (Å²) in [7, 11) is -3.60. The normalized spacial score (nSPS) is 18.3. The predicted molar refractivity (Wildman–Crippen MR) is 107 cm³/mol. The van der Waals surface area contributed by atoms with E-state index in [4.69, 9.17) is 11.6 Å². The lowest BCUT2D eigenvalue weighted by atomic mass is 9.98. The molecule has 1 fully saturated rings. The number of rotatable bonds is 4. The second-order valence-electron chi connectivity index (χ2n) is 6.92. The van der Waals surface area contributed by atoms with Gasteiger partial charge in [-0.15, -0.1) is 0 Å². The molecule has 1 saturated heterocycles. The Hall–Kier alpha value is -1.89. The zero-order valence-electron chi connectivity index (χ0n) is 15.4. The zero-order valence-corrected chi connectivity index (χ0v) is 17.0. The first-order chi connectivity index (χ1) is 12.8. The molecule has 144 valence electrons. The van der Waals surface area contributed by atoms with Crippen LogP contribution in [0.2, 0.25) is 5.02 Å². The van der Waals surface area contributed by atoms with Crippen LogP contribution in [0.1, 0.15) is 24.0 Å². The van der Waals surface area contributed by atoms with Crippen LogP contribution in [-0.4, -0.2) is 31.7 Å². The number of hydrogen-bond donors (Lipinski definition) is 1. The van der Waals surface area contributed by atoms with Gasteiger partial charge < -0.3 is 5.32 Å². The number of hydrogen-bond acceptors (Lipinski definition) is 3. The summed E-state index contributed by atoms with van der Waals surface area (Å²) in [5.41, 5.74) is 2.46. The van der Waals surface area contributed by atoms with Crippen molar-refractivity contribution in [1.82, 2.24) is 4.31 Å². The van der Waals surface area contributed by atoms with Crippen LogP contribution in [0.15, 0.2) is 47.4 Å². The summed E-state index contributed by atoms with van der Waals surface area (Å²) in [5.74, 6) is -0.568. The topological polar surface area (TPSA) is 66.5 Å². The molecule has 1 aliphatic rings. The number of benzene rings is 2. The summed E-state index contributed by atoms with van der Waals surface area (Å²) in [6, 6.07) is 12.1. The smallest absolute Gasteiger partial charge is 0.243 e. The molecule has 2 aromatic rings. The Kier molecular flexibility index (Phi) is 5.89. The van der Waals surface area contributed by atoms with Crippen molar-refractivity contribution in [1.29, 1.82) is 0 Å². The van der Waals surface area contributed by atoms with Gasteiger partial charge in [0.15, 0.2) is 0 Å². The monoisotopic (exact) mass is 406 g/mol. The minimum atomic E-state index is -3.60. The molecular weight excluding hydrogens is 384 g/mol. The van der Waals surface area contributed by atoms with Gasteiger partial charge in [-0.25, -0.2) is 8.42 Å². The number of halogens is 1. The van der Waals surface area contributed by atoms with Crippen molar-refractivity contribution in [2.24, 2.45) is 5.92 Å². The third kappa shape index (κ3) is 4.34. The third-order valence-corrected chi connectivity index (χ3v) is 7.23. The Bertz CT molecular complexity index is 942. The van der Waals surface area contributed by atoms with Crippen LogP contribution in [0.3, 0.4) is 0 Å². The van der Waals surface area contributed by atoms with Gasteiger partial charge in [0.25, 0.3) is 0 Å². The van der Waals surface area contributed by atoms with E-state index in [0.717, 1.165) is 11.1 Å². The lowest BCUT2D eigenvalue weighted by Crippen LogP contribution is -2.43. The molecular formula is C20H23ClN2O3S. The fraction of sp³-hybridized carbons (Fsp3) is 0.350. The summed E-state index contributed by atoms with van der Waals surface area (Å²) in [5, 5.41) is 3.48. The number of nitrogens with zero attached hydrogens (tertiary/aromatic N) is 1. The molecule has 0 aliphatic carbocycles. The number of carbonyl (C=O) groups excluding carboxylic acids is 1. The molecule has 1 N–H and O–H groups in total. The van der Waals surface area contributed by atoms with Gasteiger partial charge in [-0.3, -0.25) is 4.79 Å². The van der Waals surface area contributed by atoms with E-state index in [1.807, 2.05) is 13.8 Å². The van der Waals surface area contributed by atoms with Gasteiger partial charge in [0.05, 0.1) is 10.8 Å². The summed E-state index contributed by atoms with van der Waals surface area (Å²) < 4.78 is 27.2. The van der Waals surface area contributed by atoms with Gasteiger partial charge in [-0.1, -0.05) is 35.4 Å². The molecule has 1 unspecified atom stereocenters. The first-order valence-corrected chi connectivity index (χ1v) is 10.7. The molecule has 1 atom stereocenters. The lowest BCUT2D eigenvalue weighted by molar-refractivity contribution is -0.120. The Morgan fingerprint density at radius 3 is 2.56 bits per heavy atom. The van der Waals surface area contributed by atoms with Gasteiger partial charge >= 0.3 is 0 Å². The standard InChI is InChI=1S/C20H23ClN2O3S/c1-14-8-10-17(11-9-14)27(25,26)23-12-4-5-16(13-23)20(24)22-19-7-3-6-18(21)15(19)2/h3,6-11,16H,4-5,12-13H2,1-2H3,(H,22,24). The highest BCUT2D eigenvalue weighted by atomic mass is 35.5. The molecule has 0 saturated carbocycles. The van der Waals surface area contributed by atoms with E-state index in [0.29, 0.717) is 30.1 Å². The maximum absolute atomic E-state index is 12.9. The second-order valence-corrected chi connectivity index (χ2v) is 9.26. The number of anilines is 1. The molecule has 1 amide bonds. The van der Waals surface area contributed by atoms with E-state index >= 15 is 0 Å². The molecule has 3 rings (SSSR count). The molecule has 0 bridgehead atoms. The van der Waals surface area contributed by atoms with Crippen LogP contribution < -0.4 is 5.32 Å². The number of sulfonamides is 1. The highest BCUT2D eigenvalue weighted by Gasteiger charge is 2.33. The van der Waals surface area contributed by atoms with Crippen LogP contribution >= 0.6 is 11.6 Å². The molecule has 0 spiro atoms. The van der Waals surface area contributed by atoms with Crippen LogP contribution in [-0.2, 0) is 14.8 Å². The number of nitrogens with one attached hydrogen (secondary N) is 1. The number of piperidine rings is 1. The summed E-state index contributed by atoms with van der Waals surface area (Å²) in [6.07, 6.45) is 1.31. The molecule has 1 heterocycles. The third-order valence-electron chi connectivity index (χ3n) is 4.94. The summed E-state index contributed by atoms with van der Waals surface area (Å²) in [6.45, 7) is 4.36. The van der Waals surface area contributed by atoms with E-state index in [-0.39, 0.29) is 17.3 Å².